The highest BCUT2D eigenvalue weighted by Gasteiger charge is 2.15. The summed E-state index contributed by atoms with van der Waals surface area (Å²) in [5.41, 5.74) is 2.18. The minimum Gasteiger partial charge on any atom is -0.481 e. The lowest BCUT2D eigenvalue weighted by atomic mass is 10.2. The molecule has 5 heteroatoms. The van der Waals surface area contributed by atoms with Gasteiger partial charge in [-0.1, -0.05) is 6.07 Å². The standard InChI is InChI=1S/C12H13N3O2/c1-8-10(7-11(16)17)14-12(15(8)2)9-5-3-4-6-13-9/h3-6H,7H2,1-2H3,(H,16,17). The van der Waals surface area contributed by atoms with Crippen LogP contribution in [0.15, 0.2) is 24.4 Å². The molecule has 2 aromatic heterocycles. The molecule has 0 unspecified atom stereocenters. The number of nitrogens with zero attached hydrogens (tertiary/aromatic N) is 3. The van der Waals surface area contributed by atoms with Gasteiger partial charge < -0.3 is 9.67 Å². The molecule has 2 rings (SSSR count). The largest absolute Gasteiger partial charge is 0.481 e. The number of hydrogen-bond acceptors (Lipinski definition) is 3. The van der Waals surface area contributed by atoms with Gasteiger partial charge >= 0.3 is 5.97 Å². The molecule has 0 radical (unpaired) electrons. The van der Waals surface area contributed by atoms with Gasteiger partial charge in [-0.05, 0) is 19.1 Å². The average molecular weight is 231 g/mol. The second-order valence-corrected chi connectivity index (χ2v) is 3.81. The van der Waals surface area contributed by atoms with E-state index in [1.807, 2.05) is 36.7 Å². The van der Waals surface area contributed by atoms with Crippen molar-refractivity contribution >= 4 is 5.97 Å². The topological polar surface area (TPSA) is 68.0 Å². The highest BCUT2D eigenvalue weighted by atomic mass is 16.4. The molecule has 0 aliphatic rings. The highest BCUT2D eigenvalue weighted by molar-refractivity contribution is 5.70. The van der Waals surface area contributed by atoms with Crippen LogP contribution in [0.5, 0.6) is 0 Å². The number of aliphatic carboxylic acids is 1. The molecule has 1 N–H and O–H groups in total. The fourth-order valence-corrected chi connectivity index (χ4v) is 1.67. The predicted molar refractivity (Wildman–Crippen MR) is 62.5 cm³/mol. The first-order valence-electron chi connectivity index (χ1n) is 5.25. The van der Waals surface area contributed by atoms with E-state index in [-0.39, 0.29) is 6.42 Å². The fraction of sp³-hybridized carbons (Fsp3) is 0.250. The molecule has 5 nitrogen and oxygen atoms in total. The molecule has 0 saturated carbocycles. The molecular weight excluding hydrogens is 218 g/mol. The molecule has 0 atom stereocenters. The maximum atomic E-state index is 10.7. The summed E-state index contributed by atoms with van der Waals surface area (Å²) in [7, 11) is 1.86. The van der Waals surface area contributed by atoms with Crippen molar-refractivity contribution < 1.29 is 9.90 Å². The summed E-state index contributed by atoms with van der Waals surface area (Å²) < 4.78 is 1.86. The maximum absolute atomic E-state index is 10.7. The van der Waals surface area contributed by atoms with Gasteiger partial charge in [0, 0.05) is 18.9 Å². The normalized spacial score (nSPS) is 10.5. The Labute approximate surface area is 98.8 Å². The van der Waals surface area contributed by atoms with Gasteiger partial charge in [0.2, 0.25) is 0 Å². The first kappa shape index (κ1) is 11.3. The summed E-state index contributed by atoms with van der Waals surface area (Å²) in [6.45, 7) is 1.86. The van der Waals surface area contributed by atoms with Gasteiger partial charge in [0.25, 0.3) is 0 Å². The van der Waals surface area contributed by atoms with Gasteiger partial charge in [0.1, 0.15) is 5.69 Å². The van der Waals surface area contributed by atoms with Crippen molar-refractivity contribution in [1.82, 2.24) is 14.5 Å². The molecule has 0 amide bonds. The lowest BCUT2D eigenvalue weighted by molar-refractivity contribution is -0.136. The van der Waals surface area contributed by atoms with Crippen molar-refractivity contribution in [3.05, 3.63) is 35.8 Å². The van der Waals surface area contributed by atoms with E-state index < -0.39 is 5.97 Å². The van der Waals surface area contributed by atoms with Crippen LogP contribution in [0, 0.1) is 6.92 Å². The highest BCUT2D eigenvalue weighted by Crippen LogP contribution is 2.19. The van der Waals surface area contributed by atoms with Gasteiger partial charge in [-0.15, -0.1) is 0 Å². The third-order valence-corrected chi connectivity index (χ3v) is 2.69. The van der Waals surface area contributed by atoms with Crippen LogP contribution in [-0.4, -0.2) is 25.6 Å². The molecule has 0 aliphatic carbocycles. The summed E-state index contributed by atoms with van der Waals surface area (Å²) in [6.07, 6.45) is 1.63. The van der Waals surface area contributed by atoms with Crippen LogP contribution in [0.4, 0.5) is 0 Å². The lowest BCUT2D eigenvalue weighted by Crippen LogP contribution is -2.02. The molecule has 0 saturated heterocycles. The van der Waals surface area contributed by atoms with Crippen molar-refractivity contribution in [2.75, 3.05) is 0 Å². The molecular formula is C12H13N3O2. The van der Waals surface area contributed by atoms with Crippen molar-refractivity contribution in [2.24, 2.45) is 7.05 Å². The second kappa shape index (κ2) is 4.37. The van der Waals surface area contributed by atoms with Gasteiger partial charge in [0.05, 0.1) is 12.1 Å². The molecule has 0 fully saturated rings. The Morgan fingerprint density at radius 1 is 1.47 bits per heavy atom. The van der Waals surface area contributed by atoms with E-state index in [1.165, 1.54) is 0 Å². The van der Waals surface area contributed by atoms with Crippen molar-refractivity contribution in [3.8, 4) is 11.5 Å². The van der Waals surface area contributed by atoms with E-state index in [9.17, 15) is 4.79 Å². The zero-order valence-electron chi connectivity index (χ0n) is 9.71. The number of hydrogen-bond donors (Lipinski definition) is 1. The maximum Gasteiger partial charge on any atom is 0.309 e. The molecule has 2 heterocycles. The zero-order chi connectivity index (χ0) is 12.4. The Kier molecular flexibility index (Phi) is 2.91. The van der Waals surface area contributed by atoms with E-state index >= 15 is 0 Å². The van der Waals surface area contributed by atoms with Gasteiger partial charge in [-0.2, -0.15) is 0 Å². The van der Waals surface area contributed by atoms with Crippen LogP contribution < -0.4 is 0 Å². The van der Waals surface area contributed by atoms with E-state index in [4.69, 9.17) is 5.11 Å². The van der Waals surface area contributed by atoms with Crippen LogP contribution in [0.3, 0.4) is 0 Å². The van der Waals surface area contributed by atoms with Crippen LogP contribution in [0.2, 0.25) is 0 Å². The van der Waals surface area contributed by atoms with Crippen LogP contribution in [-0.2, 0) is 18.3 Å². The smallest absolute Gasteiger partial charge is 0.309 e. The minimum absolute atomic E-state index is 0.0630. The Hall–Kier alpha value is -2.17. The quantitative estimate of drug-likeness (QED) is 0.867. The van der Waals surface area contributed by atoms with Gasteiger partial charge in [0.15, 0.2) is 5.82 Å². The summed E-state index contributed by atoms with van der Waals surface area (Å²) in [4.78, 5) is 19.3. The van der Waals surface area contributed by atoms with E-state index in [0.29, 0.717) is 11.5 Å². The second-order valence-electron chi connectivity index (χ2n) is 3.81. The Bertz CT molecular complexity index is 546. The molecule has 0 aromatic carbocycles. The summed E-state index contributed by atoms with van der Waals surface area (Å²) in [6, 6.07) is 5.56. The molecule has 0 aliphatic heterocycles. The van der Waals surface area contributed by atoms with Crippen LogP contribution in [0.1, 0.15) is 11.4 Å². The average Bonchev–Trinajstić information content (AvgIpc) is 2.58. The first-order chi connectivity index (χ1) is 8.09. The number of imidazole rings is 1. The number of carboxylic acid groups (broad SMARTS) is 1. The molecule has 0 bridgehead atoms. The van der Waals surface area contributed by atoms with Gasteiger partial charge in [-0.3, -0.25) is 9.78 Å². The first-order valence-corrected chi connectivity index (χ1v) is 5.25. The summed E-state index contributed by atoms with van der Waals surface area (Å²) >= 11 is 0. The third kappa shape index (κ3) is 2.18. The molecule has 2 aromatic rings. The Balaban J connectivity index is 2.46. The van der Waals surface area contributed by atoms with E-state index in [2.05, 4.69) is 9.97 Å². The number of carboxylic acids is 1. The molecule has 88 valence electrons. The number of rotatable bonds is 3. The Morgan fingerprint density at radius 3 is 2.82 bits per heavy atom. The number of pyridine rings is 1. The van der Waals surface area contributed by atoms with Crippen molar-refractivity contribution in [3.63, 3.8) is 0 Å². The SMILES string of the molecule is Cc1c(CC(=O)O)nc(-c2ccccn2)n1C. The van der Waals surface area contributed by atoms with Crippen molar-refractivity contribution in [1.29, 1.82) is 0 Å². The van der Waals surface area contributed by atoms with Crippen LogP contribution in [0.25, 0.3) is 11.5 Å². The summed E-state index contributed by atoms with van der Waals surface area (Å²) in [5, 5.41) is 8.80. The summed E-state index contributed by atoms with van der Waals surface area (Å²) in [5.74, 6) is -0.182. The number of carbonyl (C=O) groups is 1. The van der Waals surface area contributed by atoms with Gasteiger partial charge in [-0.25, -0.2) is 4.98 Å². The van der Waals surface area contributed by atoms with Crippen molar-refractivity contribution in [2.45, 2.75) is 13.3 Å². The van der Waals surface area contributed by atoms with Crippen LogP contribution >= 0.6 is 0 Å². The predicted octanol–water partition coefficient (Wildman–Crippen LogP) is 1.42. The van der Waals surface area contributed by atoms with E-state index in [0.717, 1.165) is 11.4 Å². The fourth-order valence-electron chi connectivity index (χ4n) is 1.67. The molecule has 17 heavy (non-hydrogen) atoms. The monoisotopic (exact) mass is 231 g/mol. The minimum atomic E-state index is -0.876. The zero-order valence-corrected chi connectivity index (χ0v) is 9.71. The van der Waals surface area contributed by atoms with E-state index in [1.54, 1.807) is 6.20 Å². The number of aromatic nitrogens is 3. The third-order valence-electron chi connectivity index (χ3n) is 2.69. The Morgan fingerprint density at radius 2 is 2.24 bits per heavy atom. The lowest BCUT2D eigenvalue weighted by Gasteiger charge is -2.01. The molecule has 0 spiro atoms.